The molecule has 1 aromatic heterocycles. The van der Waals surface area contributed by atoms with Gasteiger partial charge < -0.3 is 15.2 Å². The monoisotopic (exact) mass is 381 g/mol. The summed E-state index contributed by atoms with van der Waals surface area (Å²) in [5.74, 6) is 2.03. The molecule has 20 heavy (non-hydrogen) atoms. The second-order valence-electron chi connectivity index (χ2n) is 4.47. The SMILES string of the molecule is Cl.Cn1cc(NC(=O)CC2CSCCN2)cc(Br)c1=O. The summed E-state index contributed by atoms with van der Waals surface area (Å²) in [4.78, 5) is 23.4. The molecular weight excluding hydrogens is 366 g/mol. The third-order valence-corrected chi connectivity index (χ3v) is 4.55. The minimum Gasteiger partial charge on any atom is -0.325 e. The maximum Gasteiger partial charge on any atom is 0.264 e. The van der Waals surface area contributed by atoms with Gasteiger partial charge in [-0.1, -0.05) is 0 Å². The van der Waals surface area contributed by atoms with Crippen LogP contribution in [-0.2, 0) is 11.8 Å². The number of hydrogen-bond donors (Lipinski definition) is 2. The number of nitrogens with one attached hydrogen (secondary N) is 2. The van der Waals surface area contributed by atoms with Crippen molar-refractivity contribution >= 4 is 51.7 Å². The van der Waals surface area contributed by atoms with Gasteiger partial charge in [0.15, 0.2) is 0 Å². The van der Waals surface area contributed by atoms with Crippen molar-refractivity contribution in [2.45, 2.75) is 12.5 Å². The standard InChI is InChI=1S/C12H16BrN3O2S.ClH/c1-16-6-8(4-10(13)12(16)18)15-11(17)5-9-7-19-3-2-14-9;/h4,6,9,14H,2-3,5,7H2,1H3,(H,15,17);1H. The Morgan fingerprint density at radius 3 is 3.00 bits per heavy atom. The van der Waals surface area contributed by atoms with Crippen molar-refractivity contribution in [2.24, 2.45) is 7.05 Å². The molecule has 2 N–H and O–H groups in total. The lowest BCUT2D eigenvalue weighted by Gasteiger charge is -2.22. The molecule has 0 aliphatic carbocycles. The Labute approximate surface area is 136 Å². The predicted octanol–water partition coefficient (Wildman–Crippen LogP) is 1.60. The smallest absolute Gasteiger partial charge is 0.264 e. The number of carbonyl (C=O) groups is 1. The maximum absolute atomic E-state index is 11.9. The Balaban J connectivity index is 0.00000200. The zero-order valence-electron chi connectivity index (χ0n) is 11.0. The fourth-order valence-corrected chi connectivity index (χ4v) is 3.40. The topological polar surface area (TPSA) is 63.1 Å². The Hall–Kier alpha value is -0.500. The van der Waals surface area contributed by atoms with Gasteiger partial charge in [0.25, 0.3) is 5.56 Å². The lowest BCUT2D eigenvalue weighted by Crippen LogP contribution is -2.40. The number of thioether (sulfide) groups is 1. The molecule has 0 aromatic carbocycles. The van der Waals surface area contributed by atoms with E-state index in [9.17, 15) is 9.59 Å². The molecule has 1 fully saturated rings. The number of aromatic nitrogens is 1. The van der Waals surface area contributed by atoms with Crippen LogP contribution >= 0.6 is 40.1 Å². The van der Waals surface area contributed by atoms with Crippen molar-refractivity contribution in [3.05, 3.63) is 27.1 Å². The molecule has 0 radical (unpaired) electrons. The van der Waals surface area contributed by atoms with Gasteiger partial charge in [0.2, 0.25) is 5.91 Å². The van der Waals surface area contributed by atoms with Gasteiger partial charge in [0.05, 0.1) is 10.2 Å². The van der Waals surface area contributed by atoms with Gasteiger partial charge in [-0.05, 0) is 22.0 Å². The molecule has 8 heteroatoms. The van der Waals surface area contributed by atoms with Gasteiger partial charge in [0.1, 0.15) is 0 Å². The molecule has 1 aliphatic heterocycles. The number of nitrogens with zero attached hydrogens (tertiary/aromatic N) is 1. The van der Waals surface area contributed by atoms with E-state index in [0.717, 1.165) is 18.1 Å². The molecule has 2 heterocycles. The molecule has 1 saturated heterocycles. The normalized spacial score (nSPS) is 18.2. The highest BCUT2D eigenvalue weighted by atomic mass is 79.9. The number of anilines is 1. The van der Waals surface area contributed by atoms with Crippen molar-refractivity contribution < 1.29 is 4.79 Å². The van der Waals surface area contributed by atoms with Crippen LogP contribution in [0.4, 0.5) is 5.69 Å². The second-order valence-corrected chi connectivity index (χ2v) is 6.48. The minimum absolute atomic E-state index is 0. The van der Waals surface area contributed by atoms with Crippen LogP contribution in [0.15, 0.2) is 21.5 Å². The summed E-state index contributed by atoms with van der Waals surface area (Å²) in [5.41, 5.74) is 0.505. The predicted molar refractivity (Wildman–Crippen MR) is 89.0 cm³/mol. The van der Waals surface area contributed by atoms with Crippen LogP contribution in [-0.4, -0.2) is 34.6 Å². The van der Waals surface area contributed by atoms with E-state index in [-0.39, 0.29) is 29.9 Å². The quantitative estimate of drug-likeness (QED) is 0.833. The number of aryl methyl sites for hydroxylation is 1. The summed E-state index contributed by atoms with van der Waals surface area (Å²) in [6.45, 7) is 0.952. The van der Waals surface area contributed by atoms with Gasteiger partial charge in [-0.25, -0.2) is 0 Å². The van der Waals surface area contributed by atoms with E-state index in [4.69, 9.17) is 0 Å². The molecule has 5 nitrogen and oxygen atoms in total. The van der Waals surface area contributed by atoms with E-state index < -0.39 is 0 Å². The second kappa shape index (κ2) is 8.07. The third kappa shape index (κ3) is 4.80. The fraction of sp³-hybridized carbons (Fsp3) is 0.500. The summed E-state index contributed by atoms with van der Waals surface area (Å²) in [5, 5.41) is 6.14. The fourth-order valence-electron chi connectivity index (χ4n) is 1.93. The Kier molecular flexibility index (Phi) is 7.08. The largest absolute Gasteiger partial charge is 0.325 e. The number of pyridine rings is 1. The molecule has 0 spiro atoms. The number of amides is 1. The van der Waals surface area contributed by atoms with E-state index in [2.05, 4.69) is 26.6 Å². The van der Waals surface area contributed by atoms with Crippen molar-refractivity contribution in [3.8, 4) is 0 Å². The number of carbonyl (C=O) groups excluding carboxylic acids is 1. The molecule has 1 aliphatic rings. The summed E-state index contributed by atoms with van der Waals surface area (Å²) in [6, 6.07) is 1.86. The average Bonchev–Trinajstić information content (AvgIpc) is 2.37. The van der Waals surface area contributed by atoms with Gasteiger partial charge in [-0.3, -0.25) is 9.59 Å². The number of hydrogen-bond acceptors (Lipinski definition) is 4. The van der Waals surface area contributed by atoms with Gasteiger partial charge in [-0.15, -0.1) is 12.4 Å². The van der Waals surface area contributed by atoms with Gasteiger partial charge >= 0.3 is 0 Å². The molecule has 1 aromatic rings. The highest BCUT2D eigenvalue weighted by Gasteiger charge is 2.17. The molecule has 0 saturated carbocycles. The highest BCUT2D eigenvalue weighted by Crippen LogP contribution is 2.14. The van der Waals surface area contributed by atoms with Crippen molar-refractivity contribution in [1.82, 2.24) is 9.88 Å². The van der Waals surface area contributed by atoms with Gasteiger partial charge in [-0.2, -0.15) is 11.8 Å². The maximum atomic E-state index is 11.9. The van der Waals surface area contributed by atoms with Crippen LogP contribution in [0.2, 0.25) is 0 Å². The molecule has 0 bridgehead atoms. The van der Waals surface area contributed by atoms with Crippen LogP contribution in [0.1, 0.15) is 6.42 Å². The average molecular weight is 383 g/mol. The van der Waals surface area contributed by atoms with Crippen molar-refractivity contribution in [2.75, 3.05) is 23.4 Å². The summed E-state index contributed by atoms with van der Waals surface area (Å²) < 4.78 is 1.88. The summed E-state index contributed by atoms with van der Waals surface area (Å²) in [7, 11) is 1.65. The molecule has 1 atom stereocenters. The van der Waals surface area contributed by atoms with Crippen LogP contribution in [0, 0.1) is 0 Å². The first-order valence-corrected chi connectivity index (χ1v) is 7.98. The molecule has 2 rings (SSSR count). The first-order valence-electron chi connectivity index (χ1n) is 6.03. The van der Waals surface area contributed by atoms with Crippen molar-refractivity contribution in [1.29, 1.82) is 0 Å². The summed E-state index contributed by atoms with van der Waals surface area (Å²) >= 11 is 5.05. The number of rotatable bonds is 3. The van der Waals surface area contributed by atoms with Crippen LogP contribution in [0.5, 0.6) is 0 Å². The van der Waals surface area contributed by atoms with E-state index in [1.807, 2.05) is 11.8 Å². The van der Waals surface area contributed by atoms with Crippen molar-refractivity contribution in [3.63, 3.8) is 0 Å². The first kappa shape index (κ1) is 17.6. The highest BCUT2D eigenvalue weighted by molar-refractivity contribution is 9.10. The molecule has 1 amide bonds. The lowest BCUT2D eigenvalue weighted by molar-refractivity contribution is -0.116. The Morgan fingerprint density at radius 2 is 2.40 bits per heavy atom. The van der Waals surface area contributed by atoms with Crippen LogP contribution in [0.3, 0.4) is 0 Å². The lowest BCUT2D eigenvalue weighted by atomic mass is 10.2. The minimum atomic E-state index is -0.122. The third-order valence-electron chi connectivity index (χ3n) is 2.85. The van der Waals surface area contributed by atoms with E-state index in [0.29, 0.717) is 16.6 Å². The van der Waals surface area contributed by atoms with Crippen LogP contribution < -0.4 is 16.2 Å². The molecular formula is C12H17BrClN3O2S. The zero-order valence-corrected chi connectivity index (χ0v) is 14.2. The van der Waals surface area contributed by atoms with E-state index in [1.54, 1.807) is 19.3 Å². The van der Waals surface area contributed by atoms with Gasteiger partial charge in [0, 0.05) is 43.8 Å². The van der Waals surface area contributed by atoms with E-state index >= 15 is 0 Å². The molecule has 112 valence electrons. The molecule has 1 unspecified atom stereocenters. The Morgan fingerprint density at radius 1 is 1.65 bits per heavy atom. The summed E-state index contributed by atoms with van der Waals surface area (Å²) in [6.07, 6.45) is 2.07. The zero-order chi connectivity index (χ0) is 13.8. The Bertz CT molecular complexity index is 506. The van der Waals surface area contributed by atoms with E-state index in [1.165, 1.54) is 4.57 Å². The number of halogens is 2. The first-order chi connectivity index (χ1) is 9.06. The van der Waals surface area contributed by atoms with Crippen LogP contribution in [0.25, 0.3) is 0 Å².